The van der Waals surface area contributed by atoms with E-state index in [0.717, 1.165) is 0 Å². The lowest BCUT2D eigenvalue weighted by Crippen LogP contribution is -2.41. The number of ether oxygens (including phenoxy) is 5. The van der Waals surface area contributed by atoms with Crippen molar-refractivity contribution in [3.8, 4) is 29.4 Å². The zero-order chi connectivity index (χ0) is 20.0. The lowest BCUT2D eigenvalue weighted by Gasteiger charge is -2.29. The number of hydrogen-bond donors (Lipinski definition) is 1. The van der Waals surface area contributed by atoms with Crippen LogP contribution in [0.2, 0.25) is 0 Å². The maximum Gasteiger partial charge on any atom is 0.292 e. The van der Waals surface area contributed by atoms with Gasteiger partial charge in [-0.15, -0.1) is 0 Å². The summed E-state index contributed by atoms with van der Waals surface area (Å²) in [4.78, 5) is 4.19. The molecule has 0 bridgehead atoms. The van der Waals surface area contributed by atoms with E-state index >= 15 is 0 Å². The standard InChI is InChI=1S/C18H20N4O5/c1-23-10-6-11(24-2)13(12(7-10)25-3)14-16(8-19)15(21)22-18(26-4,27-5)17(14,16)9-20/h6-7,14H,1-5H3,(H2,21,22). The summed E-state index contributed by atoms with van der Waals surface area (Å²) < 4.78 is 27.2. The average Bonchev–Trinajstić information content (AvgIpc) is 3.27. The van der Waals surface area contributed by atoms with Gasteiger partial charge in [0.05, 0.1) is 33.5 Å². The van der Waals surface area contributed by atoms with Gasteiger partial charge in [-0.25, -0.2) is 4.99 Å². The van der Waals surface area contributed by atoms with Gasteiger partial charge in [0.15, 0.2) is 5.41 Å². The van der Waals surface area contributed by atoms with E-state index in [1.54, 1.807) is 12.1 Å². The van der Waals surface area contributed by atoms with Crippen LogP contribution in [-0.4, -0.2) is 47.3 Å². The van der Waals surface area contributed by atoms with Crippen molar-refractivity contribution in [2.75, 3.05) is 35.5 Å². The molecule has 9 nitrogen and oxygen atoms in total. The Morgan fingerprint density at radius 2 is 1.52 bits per heavy atom. The van der Waals surface area contributed by atoms with Gasteiger partial charge >= 0.3 is 0 Å². The second-order valence-electron chi connectivity index (χ2n) is 6.21. The fraction of sp³-hybridized carbons (Fsp3) is 0.500. The average molecular weight is 372 g/mol. The van der Waals surface area contributed by atoms with E-state index in [1.165, 1.54) is 35.5 Å². The Bertz CT molecular complexity index is 873. The normalized spacial score (nSPS) is 29.7. The van der Waals surface area contributed by atoms with Crippen LogP contribution in [0.25, 0.3) is 0 Å². The van der Waals surface area contributed by atoms with E-state index in [4.69, 9.17) is 29.4 Å². The van der Waals surface area contributed by atoms with Crippen molar-refractivity contribution in [2.24, 2.45) is 21.6 Å². The van der Waals surface area contributed by atoms with Crippen molar-refractivity contribution in [1.29, 1.82) is 10.5 Å². The van der Waals surface area contributed by atoms with Gasteiger partial charge in [0, 0.05) is 37.8 Å². The first-order chi connectivity index (χ1) is 12.9. The number of benzene rings is 1. The first kappa shape index (κ1) is 18.8. The highest BCUT2D eigenvalue weighted by Gasteiger charge is 2.94. The van der Waals surface area contributed by atoms with Crippen LogP contribution in [-0.2, 0) is 9.47 Å². The molecule has 142 valence electrons. The molecule has 1 aromatic rings. The molecule has 27 heavy (non-hydrogen) atoms. The van der Waals surface area contributed by atoms with E-state index in [9.17, 15) is 10.5 Å². The Morgan fingerprint density at radius 1 is 0.963 bits per heavy atom. The summed E-state index contributed by atoms with van der Waals surface area (Å²) in [6.07, 6.45) is 0. The summed E-state index contributed by atoms with van der Waals surface area (Å²) in [5, 5.41) is 20.2. The lowest BCUT2D eigenvalue weighted by atomic mass is 9.93. The van der Waals surface area contributed by atoms with Gasteiger partial charge in [-0.2, -0.15) is 10.5 Å². The van der Waals surface area contributed by atoms with E-state index in [2.05, 4.69) is 17.1 Å². The number of hydrogen-bond acceptors (Lipinski definition) is 9. The number of rotatable bonds is 6. The Morgan fingerprint density at radius 3 is 1.89 bits per heavy atom. The lowest BCUT2D eigenvalue weighted by molar-refractivity contribution is -0.230. The van der Waals surface area contributed by atoms with E-state index in [1.807, 2.05) is 0 Å². The third kappa shape index (κ3) is 1.85. The fourth-order valence-electron chi connectivity index (χ4n) is 4.27. The first-order valence-corrected chi connectivity index (χ1v) is 8.02. The van der Waals surface area contributed by atoms with E-state index < -0.39 is 22.7 Å². The first-order valence-electron chi connectivity index (χ1n) is 8.02. The maximum atomic E-state index is 10.1. The molecule has 2 N–H and O–H groups in total. The number of fused-ring (bicyclic) bond motifs is 1. The molecule has 1 fully saturated rings. The van der Waals surface area contributed by atoms with Gasteiger partial charge < -0.3 is 29.4 Å². The number of aliphatic imine (C=N–C) groups is 1. The van der Waals surface area contributed by atoms with Crippen molar-refractivity contribution >= 4 is 5.84 Å². The maximum absolute atomic E-state index is 10.1. The molecule has 3 atom stereocenters. The molecule has 1 heterocycles. The molecule has 1 aromatic carbocycles. The number of amidine groups is 1. The number of nitriles is 2. The molecule has 3 unspecified atom stereocenters. The fourth-order valence-corrected chi connectivity index (χ4v) is 4.27. The molecule has 0 aromatic heterocycles. The highest BCUT2D eigenvalue weighted by atomic mass is 16.7. The molecule has 9 heteroatoms. The van der Waals surface area contributed by atoms with Crippen LogP contribution in [0, 0.1) is 33.5 Å². The van der Waals surface area contributed by atoms with Crippen LogP contribution in [0.4, 0.5) is 0 Å². The predicted octanol–water partition coefficient (Wildman–Crippen LogP) is 1.15. The minimum absolute atomic E-state index is 0.0276. The van der Waals surface area contributed by atoms with Crippen molar-refractivity contribution < 1.29 is 23.7 Å². The van der Waals surface area contributed by atoms with Crippen molar-refractivity contribution in [1.82, 2.24) is 0 Å². The molecule has 1 aliphatic heterocycles. The Labute approximate surface area is 156 Å². The third-order valence-electron chi connectivity index (χ3n) is 5.52. The smallest absolute Gasteiger partial charge is 0.292 e. The molecule has 0 saturated heterocycles. The Kier molecular flexibility index (Phi) is 4.18. The molecule has 0 radical (unpaired) electrons. The molecule has 0 spiro atoms. The number of nitrogens with two attached hydrogens (primary N) is 1. The summed E-state index contributed by atoms with van der Waals surface area (Å²) >= 11 is 0. The van der Waals surface area contributed by atoms with Gasteiger partial charge in [0.2, 0.25) is 0 Å². The van der Waals surface area contributed by atoms with Crippen LogP contribution in [0.3, 0.4) is 0 Å². The van der Waals surface area contributed by atoms with Crippen LogP contribution in [0.1, 0.15) is 11.5 Å². The van der Waals surface area contributed by atoms with Gasteiger partial charge in [0.25, 0.3) is 5.91 Å². The van der Waals surface area contributed by atoms with Crippen molar-refractivity contribution in [3.05, 3.63) is 17.7 Å². The minimum Gasteiger partial charge on any atom is -0.496 e. The van der Waals surface area contributed by atoms with E-state index in [0.29, 0.717) is 22.8 Å². The third-order valence-corrected chi connectivity index (χ3v) is 5.52. The summed E-state index contributed by atoms with van der Waals surface area (Å²) in [6.45, 7) is 0. The highest BCUT2D eigenvalue weighted by Crippen LogP contribution is 2.83. The molecule has 1 saturated carbocycles. The summed E-state index contributed by atoms with van der Waals surface area (Å²) in [5.74, 6) is -1.20. The van der Waals surface area contributed by atoms with Crippen LogP contribution in [0.5, 0.6) is 17.2 Å². The van der Waals surface area contributed by atoms with E-state index in [-0.39, 0.29) is 5.84 Å². The van der Waals surface area contributed by atoms with Crippen LogP contribution in [0.15, 0.2) is 17.1 Å². The van der Waals surface area contributed by atoms with Gasteiger partial charge in [-0.3, -0.25) is 0 Å². The van der Waals surface area contributed by atoms with Crippen molar-refractivity contribution in [3.63, 3.8) is 0 Å². The number of methoxy groups -OCH3 is 5. The summed E-state index contributed by atoms with van der Waals surface area (Å²) in [5.41, 5.74) is 3.69. The van der Waals surface area contributed by atoms with Crippen LogP contribution < -0.4 is 19.9 Å². The highest BCUT2D eigenvalue weighted by molar-refractivity contribution is 6.01. The quantitative estimate of drug-likeness (QED) is 0.735. The largest absolute Gasteiger partial charge is 0.496 e. The molecule has 3 rings (SSSR count). The summed E-state index contributed by atoms with van der Waals surface area (Å²) in [7, 11) is 7.17. The molecular weight excluding hydrogens is 352 g/mol. The Balaban J connectivity index is 2.34. The zero-order valence-corrected chi connectivity index (χ0v) is 15.7. The Hall–Kier alpha value is -3.01. The molecular formula is C18H20N4O5. The van der Waals surface area contributed by atoms with Crippen molar-refractivity contribution in [2.45, 2.75) is 11.8 Å². The monoisotopic (exact) mass is 372 g/mol. The second kappa shape index (κ2) is 6.02. The molecule has 0 amide bonds. The van der Waals surface area contributed by atoms with Gasteiger partial charge in [-0.1, -0.05) is 0 Å². The second-order valence-corrected chi connectivity index (χ2v) is 6.21. The minimum atomic E-state index is -1.72. The summed E-state index contributed by atoms with van der Waals surface area (Å²) in [6, 6.07) is 7.68. The number of nitrogens with zero attached hydrogens (tertiary/aromatic N) is 3. The van der Waals surface area contributed by atoms with Gasteiger partial charge in [0.1, 0.15) is 28.5 Å². The molecule has 1 aliphatic carbocycles. The predicted molar refractivity (Wildman–Crippen MR) is 93.3 cm³/mol. The van der Waals surface area contributed by atoms with Crippen LogP contribution >= 0.6 is 0 Å². The topological polar surface area (TPSA) is 132 Å². The SMILES string of the molecule is COc1cc(OC)c(C2C3(C#N)C(N)=NC(OC)(OC)C23C#N)c(OC)c1. The zero-order valence-electron chi connectivity index (χ0n) is 15.7. The van der Waals surface area contributed by atoms with Gasteiger partial charge in [-0.05, 0) is 0 Å². The molecule has 2 aliphatic rings.